The Kier molecular flexibility index (Phi) is 7.51. The van der Waals surface area contributed by atoms with Crippen molar-refractivity contribution in [2.24, 2.45) is 0 Å². The number of amides is 1. The first kappa shape index (κ1) is 20.3. The Bertz CT molecular complexity index is 638. The van der Waals surface area contributed by atoms with Gasteiger partial charge in [0.05, 0.1) is 14.2 Å². The number of benzene rings is 1. The van der Waals surface area contributed by atoms with Crippen molar-refractivity contribution >= 4 is 5.91 Å². The molecule has 2 rings (SSSR count). The molecule has 0 spiro atoms. The van der Waals surface area contributed by atoms with E-state index in [-0.39, 0.29) is 5.91 Å². The van der Waals surface area contributed by atoms with E-state index in [2.05, 4.69) is 18.0 Å². The van der Waals surface area contributed by atoms with Crippen LogP contribution in [0.3, 0.4) is 0 Å². The number of hydrogen-bond acceptors (Lipinski definition) is 4. The standard InChI is InChI=1S/C21H32N2O3/c1-16(2)13-21(24)23-11-6-7-18(15-23)22(3)12-10-17-8-9-19(25-4)20(14-17)26-5/h8-9,13-14,18H,6-7,10-12,15H2,1-5H3/t18-/m1/s1. The molecule has 0 saturated carbocycles. The van der Waals surface area contributed by atoms with Crippen LogP contribution in [0.5, 0.6) is 11.5 Å². The van der Waals surface area contributed by atoms with Crippen LogP contribution in [0.1, 0.15) is 32.3 Å². The topological polar surface area (TPSA) is 42.0 Å². The lowest BCUT2D eigenvalue weighted by Gasteiger charge is -2.37. The first-order valence-corrected chi connectivity index (χ1v) is 9.29. The third-order valence-electron chi connectivity index (χ3n) is 4.94. The van der Waals surface area contributed by atoms with Gasteiger partial charge in [0, 0.05) is 31.8 Å². The molecule has 1 saturated heterocycles. The highest BCUT2D eigenvalue weighted by atomic mass is 16.5. The second kappa shape index (κ2) is 9.62. The second-order valence-electron chi connectivity index (χ2n) is 7.22. The van der Waals surface area contributed by atoms with Gasteiger partial charge in [0.15, 0.2) is 11.5 Å². The van der Waals surface area contributed by atoms with Crippen LogP contribution >= 0.6 is 0 Å². The fourth-order valence-electron chi connectivity index (χ4n) is 3.38. The van der Waals surface area contributed by atoms with E-state index in [0.29, 0.717) is 6.04 Å². The number of ether oxygens (including phenoxy) is 2. The normalized spacial score (nSPS) is 17.2. The summed E-state index contributed by atoms with van der Waals surface area (Å²) < 4.78 is 10.7. The van der Waals surface area contributed by atoms with E-state index in [9.17, 15) is 4.79 Å². The van der Waals surface area contributed by atoms with Gasteiger partial charge >= 0.3 is 0 Å². The number of likely N-dealkylation sites (N-methyl/N-ethyl adjacent to an activating group) is 1. The third-order valence-corrected chi connectivity index (χ3v) is 4.94. The van der Waals surface area contributed by atoms with Crippen molar-refractivity contribution in [3.05, 3.63) is 35.4 Å². The smallest absolute Gasteiger partial charge is 0.246 e. The molecule has 0 aromatic heterocycles. The van der Waals surface area contributed by atoms with Gasteiger partial charge in [-0.05, 0) is 57.9 Å². The summed E-state index contributed by atoms with van der Waals surface area (Å²) in [6.07, 6.45) is 4.88. The average molecular weight is 360 g/mol. The minimum absolute atomic E-state index is 0.142. The lowest BCUT2D eigenvalue weighted by Crippen LogP contribution is -2.48. The second-order valence-corrected chi connectivity index (χ2v) is 7.22. The molecule has 0 N–H and O–H groups in total. The number of methoxy groups -OCH3 is 2. The zero-order chi connectivity index (χ0) is 19.1. The van der Waals surface area contributed by atoms with Crippen molar-refractivity contribution in [1.29, 1.82) is 0 Å². The zero-order valence-corrected chi connectivity index (χ0v) is 16.7. The monoisotopic (exact) mass is 360 g/mol. The Balaban J connectivity index is 1.92. The number of carbonyl (C=O) groups is 1. The van der Waals surface area contributed by atoms with Gasteiger partial charge in [0.2, 0.25) is 5.91 Å². The third kappa shape index (κ3) is 5.49. The fraction of sp³-hybridized carbons (Fsp3) is 0.571. The Morgan fingerprint density at radius 1 is 1.27 bits per heavy atom. The summed E-state index contributed by atoms with van der Waals surface area (Å²) in [5.41, 5.74) is 2.28. The molecule has 144 valence electrons. The lowest BCUT2D eigenvalue weighted by atomic mass is 10.0. The van der Waals surface area contributed by atoms with Crippen molar-refractivity contribution in [2.45, 2.75) is 39.2 Å². The number of carbonyl (C=O) groups excluding carboxylic acids is 1. The maximum Gasteiger partial charge on any atom is 0.246 e. The molecule has 0 unspecified atom stereocenters. The van der Waals surface area contributed by atoms with Gasteiger partial charge in [-0.1, -0.05) is 11.6 Å². The molecule has 26 heavy (non-hydrogen) atoms. The van der Waals surface area contributed by atoms with Crippen LogP contribution in [0.4, 0.5) is 0 Å². The molecule has 5 heteroatoms. The van der Waals surface area contributed by atoms with Gasteiger partial charge in [0.1, 0.15) is 0 Å². The van der Waals surface area contributed by atoms with Crippen molar-refractivity contribution in [3.63, 3.8) is 0 Å². The molecule has 1 atom stereocenters. The molecule has 0 bridgehead atoms. The quantitative estimate of drug-likeness (QED) is 0.701. The van der Waals surface area contributed by atoms with Crippen LogP contribution in [-0.4, -0.2) is 62.7 Å². The van der Waals surface area contributed by atoms with Crippen LogP contribution in [0, 0.1) is 0 Å². The van der Waals surface area contributed by atoms with E-state index in [4.69, 9.17) is 9.47 Å². The van der Waals surface area contributed by atoms with Gasteiger partial charge in [-0.3, -0.25) is 4.79 Å². The van der Waals surface area contributed by atoms with Crippen molar-refractivity contribution in [3.8, 4) is 11.5 Å². The highest BCUT2D eigenvalue weighted by molar-refractivity contribution is 5.88. The van der Waals surface area contributed by atoms with Crippen LogP contribution < -0.4 is 9.47 Å². The van der Waals surface area contributed by atoms with E-state index in [1.165, 1.54) is 5.56 Å². The molecule has 1 fully saturated rings. The summed E-state index contributed by atoms with van der Waals surface area (Å²) >= 11 is 0. The Morgan fingerprint density at radius 2 is 2.00 bits per heavy atom. The number of hydrogen-bond donors (Lipinski definition) is 0. The van der Waals surface area contributed by atoms with Crippen LogP contribution in [-0.2, 0) is 11.2 Å². The van der Waals surface area contributed by atoms with Crippen molar-refractivity contribution in [2.75, 3.05) is 40.9 Å². The molecular weight excluding hydrogens is 328 g/mol. The molecule has 0 radical (unpaired) electrons. The van der Waals surface area contributed by atoms with Gasteiger partial charge in [-0.25, -0.2) is 0 Å². The molecule has 1 aliphatic rings. The van der Waals surface area contributed by atoms with E-state index in [1.54, 1.807) is 20.3 Å². The fourth-order valence-corrected chi connectivity index (χ4v) is 3.38. The Labute approximate surface area is 157 Å². The summed E-state index contributed by atoms with van der Waals surface area (Å²) in [5, 5.41) is 0. The summed E-state index contributed by atoms with van der Waals surface area (Å²) in [4.78, 5) is 16.6. The molecule has 1 aromatic carbocycles. The van der Waals surface area contributed by atoms with Crippen LogP contribution in [0.25, 0.3) is 0 Å². The van der Waals surface area contributed by atoms with E-state index >= 15 is 0 Å². The number of piperidine rings is 1. The summed E-state index contributed by atoms with van der Waals surface area (Å²) in [5.74, 6) is 1.66. The highest BCUT2D eigenvalue weighted by Gasteiger charge is 2.25. The molecular formula is C21H32N2O3. The number of nitrogens with zero attached hydrogens (tertiary/aromatic N) is 2. The predicted molar refractivity (Wildman–Crippen MR) is 105 cm³/mol. The van der Waals surface area contributed by atoms with Crippen molar-refractivity contribution < 1.29 is 14.3 Å². The van der Waals surface area contributed by atoms with E-state index in [1.807, 2.05) is 30.9 Å². The average Bonchev–Trinajstić information content (AvgIpc) is 2.65. The summed E-state index contributed by atoms with van der Waals surface area (Å²) in [7, 11) is 5.46. The number of likely N-dealkylation sites (tertiary alicyclic amines) is 1. The molecule has 5 nitrogen and oxygen atoms in total. The first-order chi connectivity index (χ1) is 12.4. The molecule has 0 aliphatic carbocycles. The molecule has 1 heterocycles. The van der Waals surface area contributed by atoms with E-state index in [0.717, 1.165) is 56.0 Å². The molecule has 1 amide bonds. The zero-order valence-electron chi connectivity index (χ0n) is 16.7. The first-order valence-electron chi connectivity index (χ1n) is 9.29. The predicted octanol–water partition coefficient (Wildman–Crippen LogP) is 3.14. The minimum atomic E-state index is 0.142. The van der Waals surface area contributed by atoms with Gasteiger partial charge < -0.3 is 19.3 Å². The maximum absolute atomic E-state index is 12.3. The largest absolute Gasteiger partial charge is 0.493 e. The number of rotatable bonds is 7. The SMILES string of the molecule is COc1ccc(CCN(C)[C@@H]2CCCN(C(=O)C=C(C)C)C2)cc1OC. The Morgan fingerprint density at radius 3 is 2.65 bits per heavy atom. The summed E-state index contributed by atoms with van der Waals surface area (Å²) in [6.45, 7) is 6.56. The lowest BCUT2D eigenvalue weighted by molar-refractivity contribution is -0.128. The maximum atomic E-state index is 12.3. The minimum Gasteiger partial charge on any atom is -0.493 e. The van der Waals surface area contributed by atoms with Gasteiger partial charge in [0.25, 0.3) is 0 Å². The molecule has 1 aliphatic heterocycles. The van der Waals surface area contributed by atoms with Gasteiger partial charge in [-0.15, -0.1) is 0 Å². The van der Waals surface area contributed by atoms with Gasteiger partial charge in [-0.2, -0.15) is 0 Å². The highest BCUT2D eigenvalue weighted by Crippen LogP contribution is 2.28. The molecule has 1 aromatic rings. The van der Waals surface area contributed by atoms with E-state index < -0.39 is 0 Å². The van der Waals surface area contributed by atoms with Crippen molar-refractivity contribution in [1.82, 2.24) is 9.80 Å². The summed E-state index contributed by atoms with van der Waals surface area (Å²) in [6, 6.07) is 6.49. The van der Waals surface area contributed by atoms with Crippen LogP contribution in [0.2, 0.25) is 0 Å². The Hall–Kier alpha value is -2.01. The number of allylic oxidation sites excluding steroid dienone is 1. The van der Waals surface area contributed by atoms with Crippen LogP contribution in [0.15, 0.2) is 29.8 Å².